The maximum absolute atomic E-state index is 13.8. The summed E-state index contributed by atoms with van der Waals surface area (Å²) in [5.41, 5.74) is 8.55. The third-order valence-electron chi connectivity index (χ3n) is 7.36. The predicted octanol–water partition coefficient (Wildman–Crippen LogP) is 3.20. The fourth-order valence-corrected chi connectivity index (χ4v) is 5.50. The fourth-order valence-electron chi connectivity index (χ4n) is 5.21. The number of nitrogen functional groups attached to an aromatic ring is 1. The topological polar surface area (TPSA) is 148 Å². The van der Waals surface area contributed by atoms with Crippen LogP contribution in [0.25, 0.3) is 5.69 Å². The van der Waals surface area contributed by atoms with Gasteiger partial charge >= 0.3 is 0 Å². The molecule has 3 N–H and O–H groups in total. The van der Waals surface area contributed by atoms with E-state index in [4.69, 9.17) is 33.7 Å². The summed E-state index contributed by atoms with van der Waals surface area (Å²) < 4.78 is 6.90. The van der Waals surface area contributed by atoms with Gasteiger partial charge < -0.3 is 20.7 Å². The first-order valence-electron chi connectivity index (χ1n) is 13.4. The molecule has 0 aliphatic carbocycles. The van der Waals surface area contributed by atoms with Crippen molar-refractivity contribution < 1.29 is 19.1 Å². The summed E-state index contributed by atoms with van der Waals surface area (Å²) in [7, 11) is 1.63. The van der Waals surface area contributed by atoms with E-state index in [0.29, 0.717) is 53.0 Å². The fraction of sp³-hybridized carbons (Fsp3) is 0.357. The molecule has 0 spiro atoms. The molecule has 12 nitrogen and oxygen atoms in total. The van der Waals surface area contributed by atoms with Crippen molar-refractivity contribution >= 4 is 64.2 Å². The molecule has 2 aliphatic rings. The molecule has 5 rings (SSSR count). The molecular formula is C28H30Cl2N8O4. The Labute approximate surface area is 252 Å². The second kappa shape index (κ2) is 12.9. The number of piperazine rings is 1. The van der Waals surface area contributed by atoms with Gasteiger partial charge in [0.1, 0.15) is 19.1 Å². The van der Waals surface area contributed by atoms with Crippen LogP contribution in [0, 0.1) is 5.92 Å². The van der Waals surface area contributed by atoms with E-state index in [1.165, 1.54) is 20.7 Å². The van der Waals surface area contributed by atoms with Crippen molar-refractivity contribution in [1.29, 1.82) is 0 Å². The quantitative estimate of drug-likeness (QED) is 0.293. The average molecular weight is 614 g/mol. The van der Waals surface area contributed by atoms with Gasteiger partial charge in [-0.05, 0) is 61.6 Å². The first kappa shape index (κ1) is 29.5. The minimum absolute atomic E-state index is 0.154. The number of aromatic nitrogens is 3. The molecule has 0 saturated carbocycles. The van der Waals surface area contributed by atoms with Gasteiger partial charge in [0.05, 0.1) is 17.6 Å². The minimum atomic E-state index is -0.875. The van der Waals surface area contributed by atoms with Crippen molar-refractivity contribution in [3.8, 4) is 5.69 Å². The highest BCUT2D eigenvalue weighted by molar-refractivity contribution is 6.31. The zero-order valence-corrected chi connectivity index (χ0v) is 24.4. The van der Waals surface area contributed by atoms with Gasteiger partial charge in [0.15, 0.2) is 5.15 Å². The Balaban J connectivity index is 1.41. The maximum atomic E-state index is 13.8. The van der Waals surface area contributed by atoms with Gasteiger partial charge in [-0.25, -0.2) is 4.68 Å². The van der Waals surface area contributed by atoms with Gasteiger partial charge in [0, 0.05) is 48.4 Å². The zero-order valence-electron chi connectivity index (χ0n) is 22.9. The van der Waals surface area contributed by atoms with E-state index >= 15 is 0 Å². The Morgan fingerprint density at radius 1 is 1.14 bits per heavy atom. The Bertz CT molecular complexity index is 1520. The largest absolute Gasteiger partial charge is 0.398 e. The highest BCUT2D eigenvalue weighted by Gasteiger charge is 2.40. The molecule has 2 aliphatic heterocycles. The Hall–Kier alpha value is -4.00. The number of aliphatic imine (C=N–C) groups is 1. The number of carbonyl (C=O) groups is 3. The first-order chi connectivity index (χ1) is 20.2. The number of benzene rings is 2. The van der Waals surface area contributed by atoms with Crippen LogP contribution in [0.5, 0.6) is 0 Å². The number of anilines is 3. The molecule has 3 heterocycles. The number of rotatable bonds is 8. The number of nitrogens with two attached hydrogens (primary N) is 1. The molecule has 2 fully saturated rings. The van der Waals surface area contributed by atoms with E-state index < -0.39 is 6.04 Å². The van der Waals surface area contributed by atoms with E-state index in [2.05, 4.69) is 20.6 Å². The Morgan fingerprint density at radius 3 is 2.64 bits per heavy atom. The van der Waals surface area contributed by atoms with E-state index in [1.54, 1.807) is 49.7 Å². The van der Waals surface area contributed by atoms with Crippen molar-refractivity contribution in [1.82, 2.24) is 19.9 Å². The number of hydrogen-bond acceptors (Lipinski definition) is 8. The summed E-state index contributed by atoms with van der Waals surface area (Å²) in [5.74, 6) is -0.981. The zero-order chi connectivity index (χ0) is 29.8. The third kappa shape index (κ3) is 6.56. The first-order valence-corrected chi connectivity index (χ1v) is 14.2. The number of nitrogens with zero attached hydrogens (tertiary/aromatic N) is 6. The van der Waals surface area contributed by atoms with Crippen LogP contribution in [-0.2, 0) is 19.1 Å². The molecule has 0 bridgehead atoms. The summed E-state index contributed by atoms with van der Waals surface area (Å²) in [6, 6.07) is 9.10. The summed E-state index contributed by atoms with van der Waals surface area (Å²) in [6.45, 7) is 0.590. The summed E-state index contributed by atoms with van der Waals surface area (Å²) in [4.78, 5) is 47.8. The molecule has 1 aromatic heterocycles. The number of nitrogens with one attached hydrogen (secondary N) is 1. The highest BCUT2D eigenvalue weighted by Crippen LogP contribution is 2.31. The number of halogens is 2. The standard InChI is InChI=1S/C28H30Cl2N8O4/c1-32-13-18-11-20(3-4-21(18)31)33-28(41)24(10-17-6-8-42-9-7-17)37-16-26(39)36(15-27(37)40)23-12-19(29)2-5-22(23)38-14-25(30)34-35-38/h2-5,11-14,17,24H,6-10,15-16,31H2,1H3,(H,33,41). The molecule has 0 radical (unpaired) electrons. The minimum Gasteiger partial charge on any atom is -0.398 e. The molecular weight excluding hydrogens is 583 g/mol. The smallest absolute Gasteiger partial charge is 0.247 e. The van der Waals surface area contributed by atoms with Crippen molar-refractivity contribution in [2.24, 2.45) is 10.9 Å². The van der Waals surface area contributed by atoms with Crippen LogP contribution in [0.1, 0.15) is 24.8 Å². The lowest BCUT2D eigenvalue weighted by Gasteiger charge is -2.39. The molecule has 1 unspecified atom stereocenters. The van der Waals surface area contributed by atoms with Gasteiger partial charge in [-0.3, -0.25) is 24.3 Å². The van der Waals surface area contributed by atoms with Crippen LogP contribution < -0.4 is 16.0 Å². The SMILES string of the molecule is CN=Cc1cc(NC(=O)C(CC2CCOCC2)N2CC(=O)N(c3cc(Cl)ccc3-n3cc(Cl)nn3)CC2=O)ccc1N. The third-order valence-corrected chi connectivity index (χ3v) is 7.77. The molecule has 220 valence electrons. The maximum Gasteiger partial charge on any atom is 0.247 e. The number of hydrogen-bond donors (Lipinski definition) is 2. The van der Waals surface area contributed by atoms with Crippen molar-refractivity contribution in [3.05, 3.63) is 58.3 Å². The molecule has 2 saturated heterocycles. The summed E-state index contributed by atoms with van der Waals surface area (Å²) in [5, 5.41) is 11.2. The van der Waals surface area contributed by atoms with Crippen molar-refractivity contribution in [2.45, 2.75) is 25.3 Å². The lowest BCUT2D eigenvalue weighted by Crippen LogP contribution is -2.60. The number of carbonyl (C=O) groups excluding carboxylic acids is 3. The van der Waals surface area contributed by atoms with Crippen LogP contribution in [0.2, 0.25) is 10.2 Å². The second-order valence-electron chi connectivity index (χ2n) is 10.1. The molecule has 3 amide bonds. The van der Waals surface area contributed by atoms with E-state index in [1.807, 2.05) is 0 Å². The molecule has 14 heteroatoms. The molecule has 2 aromatic carbocycles. The van der Waals surface area contributed by atoms with Gasteiger partial charge in [-0.1, -0.05) is 28.4 Å². The molecule has 3 aromatic rings. The normalized spacial score (nSPS) is 17.2. The van der Waals surface area contributed by atoms with Crippen LogP contribution in [0.3, 0.4) is 0 Å². The van der Waals surface area contributed by atoms with Gasteiger partial charge in [0.2, 0.25) is 17.7 Å². The second-order valence-corrected chi connectivity index (χ2v) is 11.0. The van der Waals surface area contributed by atoms with Crippen molar-refractivity contribution in [3.63, 3.8) is 0 Å². The van der Waals surface area contributed by atoms with Crippen LogP contribution >= 0.6 is 23.2 Å². The van der Waals surface area contributed by atoms with Crippen LogP contribution in [0.4, 0.5) is 17.1 Å². The molecule has 1 atom stereocenters. The monoisotopic (exact) mass is 612 g/mol. The lowest BCUT2D eigenvalue weighted by molar-refractivity contribution is -0.144. The number of amides is 3. The van der Waals surface area contributed by atoms with Gasteiger partial charge in [-0.2, -0.15) is 0 Å². The van der Waals surface area contributed by atoms with Gasteiger partial charge in [0.25, 0.3) is 0 Å². The summed E-state index contributed by atoms with van der Waals surface area (Å²) >= 11 is 12.2. The Morgan fingerprint density at radius 2 is 1.93 bits per heavy atom. The Kier molecular flexibility index (Phi) is 9.05. The van der Waals surface area contributed by atoms with E-state index in [0.717, 1.165) is 12.8 Å². The van der Waals surface area contributed by atoms with Crippen LogP contribution in [-0.4, -0.2) is 83.2 Å². The highest BCUT2D eigenvalue weighted by atomic mass is 35.5. The summed E-state index contributed by atoms with van der Waals surface area (Å²) in [6.07, 6.45) is 5.00. The van der Waals surface area contributed by atoms with E-state index in [-0.39, 0.29) is 41.9 Å². The predicted molar refractivity (Wildman–Crippen MR) is 160 cm³/mol. The molecule has 42 heavy (non-hydrogen) atoms. The van der Waals surface area contributed by atoms with E-state index in [9.17, 15) is 14.4 Å². The van der Waals surface area contributed by atoms with Crippen molar-refractivity contribution in [2.75, 3.05) is 49.3 Å². The van der Waals surface area contributed by atoms with Crippen LogP contribution in [0.15, 0.2) is 47.6 Å². The van der Waals surface area contributed by atoms with Gasteiger partial charge in [-0.15, -0.1) is 5.10 Å². The number of ether oxygens (including phenoxy) is 1. The average Bonchev–Trinajstić information content (AvgIpc) is 3.41. The lowest BCUT2D eigenvalue weighted by atomic mass is 9.91.